The maximum atomic E-state index is 12.8. The number of sulfonamides is 1. The quantitative estimate of drug-likeness (QED) is 0.612. The van der Waals surface area contributed by atoms with Crippen LogP contribution in [0.5, 0.6) is 0 Å². The van der Waals surface area contributed by atoms with Crippen molar-refractivity contribution in [3.05, 3.63) is 59.2 Å². The van der Waals surface area contributed by atoms with E-state index < -0.39 is 10.0 Å². The largest absolute Gasteiger partial charge is 0.352 e. The fraction of sp³-hybridized carbons (Fsp3) is 0.435. The number of carbonyl (C=O) groups excluding carboxylic acids is 1. The third-order valence-corrected chi connectivity index (χ3v) is 6.95. The van der Waals surface area contributed by atoms with E-state index in [9.17, 15) is 13.2 Å². The number of nitrogens with one attached hydrogen (secondary N) is 2. The van der Waals surface area contributed by atoms with Gasteiger partial charge < -0.3 is 15.1 Å². The van der Waals surface area contributed by atoms with E-state index in [2.05, 4.69) is 26.9 Å². The second-order valence-corrected chi connectivity index (χ2v) is 9.89. The molecule has 0 aromatic heterocycles. The van der Waals surface area contributed by atoms with Crippen LogP contribution in [-0.4, -0.2) is 70.4 Å². The highest BCUT2D eigenvalue weighted by Gasteiger charge is 2.19. The summed E-state index contributed by atoms with van der Waals surface area (Å²) >= 11 is 0. The third-order valence-electron chi connectivity index (χ3n) is 5.57. The van der Waals surface area contributed by atoms with Gasteiger partial charge in [0.15, 0.2) is 0 Å². The second-order valence-electron chi connectivity index (χ2n) is 8.21. The van der Waals surface area contributed by atoms with Gasteiger partial charge in [-0.15, -0.1) is 0 Å². The SMILES string of the molecule is Cc1cccc(NS(=O)(=O)c2ccc(C)c(C(=O)NCCCN3CCN(C)CC3)c2)c1. The van der Waals surface area contributed by atoms with Gasteiger partial charge in [-0.3, -0.25) is 9.52 Å². The maximum absolute atomic E-state index is 12.8. The van der Waals surface area contributed by atoms with Crippen molar-refractivity contribution in [2.45, 2.75) is 25.2 Å². The van der Waals surface area contributed by atoms with Gasteiger partial charge >= 0.3 is 0 Å². The van der Waals surface area contributed by atoms with Crippen LogP contribution >= 0.6 is 0 Å². The average Bonchev–Trinajstić information content (AvgIpc) is 2.72. The van der Waals surface area contributed by atoms with E-state index in [1.807, 2.05) is 19.9 Å². The molecular formula is C23H32N4O3S. The Hall–Kier alpha value is -2.42. The molecule has 1 aliphatic rings. The van der Waals surface area contributed by atoms with E-state index in [1.54, 1.807) is 24.3 Å². The van der Waals surface area contributed by atoms with Gasteiger partial charge in [-0.2, -0.15) is 0 Å². The molecule has 0 bridgehead atoms. The first kappa shape index (κ1) is 23.2. The topological polar surface area (TPSA) is 81.7 Å². The normalized spacial score (nSPS) is 15.6. The number of piperazine rings is 1. The Labute approximate surface area is 185 Å². The van der Waals surface area contributed by atoms with Crippen LogP contribution in [-0.2, 0) is 10.0 Å². The summed E-state index contributed by atoms with van der Waals surface area (Å²) in [7, 11) is -1.66. The van der Waals surface area contributed by atoms with Crippen LogP contribution in [0.4, 0.5) is 5.69 Å². The zero-order valence-electron chi connectivity index (χ0n) is 18.5. The summed E-state index contributed by atoms with van der Waals surface area (Å²) in [6.07, 6.45) is 0.863. The van der Waals surface area contributed by atoms with Gasteiger partial charge in [-0.1, -0.05) is 18.2 Å². The molecule has 31 heavy (non-hydrogen) atoms. The van der Waals surface area contributed by atoms with Crippen molar-refractivity contribution >= 4 is 21.6 Å². The Bertz CT molecular complexity index is 1020. The number of anilines is 1. The summed E-state index contributed by atoms with van der Waals surface area (Å²) in [4.78, 5) is 17.5. The first-order valence-electron chi connectivity index (χ1n) is 10.6. The molecule has 0 unspecified atom stereocenters. The van der Waals surface area contributed by atoms with E-state index in [1.165, 1.54) is 12.1 Å². The molecule has 2 N–H and O–H groups in total. The molecule has 0 spiro atoms. The Balaban J connectivity index is 1.60. The highest BCUT2D eigenvalue weighted by molar-refractivity contribution is 7.92. The van der Waals surface area contributed by atoms with Gasteiger partial charge in [0, 0.05) is 44.0 Å². The van der Waals surface area contributed by atoms with Crippen LogP contribution in [0.15, 0.2) is 47.4 Å². The standard InChI is InChI=1S/C23H32N4O3S/c1-18-6-4-7-20(16-18)25-31(29,30)21-9-8-19(2)22(17-21)23(28)24-10-5-11-27-14-12-26(3)13-15-27/h4,6-9,16-17,25H,5,10-15H2,1-3H3,(H,24,28). The summed E-state index contributed by atoms with van der Waals surface area (Å²) in [5.41, 5.74) is 2.58. The number of aryl methyl sites for hydroxylation is 2. The first-order valence-corrected chi connectivity index (χ1v) is 12.1. The minimum Gasteiger partial charge on any atom is -0.352 e. The van der Waals surface area contributed by atoms with Crippen LogP contribution in [0.2, 0.25) is 0 Å². The maximum Gasteiger partial charge on any atom is 0.261 e. The van der Waals surface area contributed by atoms with E-state index in [4.69, 9.17) is 0 Å². The number of hydrogen-bond donors (Lipinski definition) is 2. The lowest BCUT2D eigenvalue weighted by Crippen LogP contribution is -2.45. The van der Waals surface area contributed by atoms with Gasteiger partial charge in [0.1, 0.15) is 0 Å². The van der Waals surface area contributed by atoms with Crippen LogP contribution < -0.4 is 10.0 Å². The molecule has 0 saturated carbocycles. The molecule has 1 aliphatic heterocycles. The summed E-state index contributed by atoms with van der Waals surface area (Å²) in [6.45, 7) is 9.46. The first-order chi connectivity index (χ1) is 14.7. The third kappa shape index (κ3) is 6.53. The molecule has 8 heteroatoms. The number of amides is 1. The van der Waals surface area contributed by atoms with E-state index in [0.717, 1.165) is 50.3 Å². The van der Waals surface area contributed by atoms with Gasteiger partial charge in [-0.05, 0) is 69.3 Å². The average molecular weight is 445 g/mol. The Morgan fingerprint density at radius 3 is 2.48 bits per heavy atom. The highest BCUT2D eigenvalue weighted by Crippen LogP contribution is 2.20. The van der Waals surface area contributed by atoms with Gasteiger partial charge in [0.2, 0.25) is 0 Å². The lowest BCUT2D eigenvalue weighted by molar-refractivity contribution is 0.0948. The van der Waals surface area contributed by atoms with Crippen molar-refractivity contribution in [2.75, 3.05) is 51.0 Å². The molecule has 1 saturated heterocycles. The second kappa shape index (κ2) is 10.3. The highest BCUT2D eigenvalue weighted by atomic mass is 32.2. The number of carbonyl (C=O) groups is 1. The fourth-order valence-electron chi connectivity index (χ4n) is 3.61. The van der Waals surface area contributed by atoms with Crippen LogP contribution in [0.3, 0.4) is 0 Å². The Kier molecular flexibility index (Phi) is 7.69. The van der Waals surface area contributed by atoms with Crippen LogP contribution in [0.25, 0.3) is 0 Å². The summed E-state index contributed by atoms with van der Waals surface area (Å²) in [6, 6.07) is 11.8. The molecule has 3 rings (SSSR count). The molecule has 7 nitrogen and oxygen atoms in total. The smallest absolute Gasteiger partial charge is 0.261 e. The summed E-state index contributed by atoms with van der Waals surface area (Å²) in [5, 5.41) is 2.93. The Morgan fingerprint density at radius 1 is 1.03 bits per heavy atom. The molecule has 0 radical (unpaired) electrons. The molecular weight excluding hydrogens is 412 g/mol. The molecule has 2 aromatic carbocycles. The predicted molar refractivity (Wildman–Crippen MR) is 124 cm³/mol. The number of likely N-dealkylation sites (N-methyl/N-ethyl adjacent to an activating group) is 1. The molecule has 1 heterocycles. The molecule has 1 fully saturated rings. The minimum absolute atomic E-state index is 0.0715. The van der Waals surface area contributed by atoms with Gasteiger partial charge in [-0.25, -0.2) is 8.42 Å². The Morgan fingerprint density at radius 2 is 1.77 bits per heavy atom. The van der Waals surface area contributed by atoms with Crippen molar-refractivity contribution in [3.63, 3.8) is 0 Å². The van der Waals surface area contributed by atoms with Crippen molar-refractivity contribution < 1.29 is 13.2 Å². The number of rotatable bonds is 8. The van der Waals surface area contributed by atoms with E-state index in [0.29, 0.717) is 17.8 Å². The van der Waals surface area contributed by atoms with Crippen LogP contribution in [0.1, 0.15) is 27.9 Å². The van der Waals surface area contributed by atoms with Crippen molar-refractivity contribution in [3.8, 4) is 0 Å². The number of hydrogen-bond acceptors (Lipinski definition) is 5. The molecule has 2 aromatic rings. The zero-order valence-corrected chi connectivity index (χ0v) is 19.3. The summed E-state index contributed by atoms with van der Waals surface area (Å²) < 4.78 is 28.2. The van der Waals surface area contributed by atoms with Crippen molar-refractivity contribution in [2.24, 2.45) is 0 Å². The van der Waals surface area contributed by atoms with Crippen molar-refractivity contribution in [1.29, 1.82) is 0 Å². The molecule has 168 valence electrons. The van der Waals surface area contributed by atoms with Crippen molar-refractivity contribution in [1.82, 2.24) is 15.1 Å². The lowest BCUT2D eigenvalue weighted by Gasteiger charge is -2.32. The zero-order chi connectivity index (χ0) is 22.4. The minimum atomic E-state index is -3.79. The summed E-state index contributed by atoms with van der Waals surface area (Å²) in [5.74, 6) is -0.247. The fourth-order valence-corrected chi connectivity index (χ4v) is 4.68. The van der Waals surface area contributed by atoms with Gasteiger partial charge in [0.25, 0.3) is 15.9 Å². The van der Waals surface area contributed by atoms with E-state index in [-0.39, 0.29) is 10.8 Å². The van der Waals surface area contributed by atoms with Gasteiger partial charge in [0.05, 0.1) is 4.90 Å². The van der Waals surface area contributed by atoms with Crippen LogP contribution in [0, 0.1) is 13.8 Å². The number of benzene rings is 2. The molecule has 0 atom stereocenters. The van der Waals surface area contributed by atoms with E-state index >= 15 is 0 Å². The number of nitrogens with zero attached hydrogens (tertiary/aromatic N) is 2. The monoisotopic (exact) mass is 444 g/mol. The molecule has 1 amide bonds. The lowest BCUT2D eigenvalue weighted by atomic mass is 10.1. The predicted octanol–water partition coefficient (Wildman–Crippen LogP) is 2.47. The molecule has 0 aliphatic carbocycles.